The third kappa shape index (κ3) is 5.69. The van der Waals surface area contributed by atoms with E-state index in [2.05, 4.69) is 20.9 Å². The lowest BCUT2D eigenvalue weighted by Gasteiger charge is -2.26. The minimum absolute atomic E-state index is 0.114. The van der Waals surface area contributed by atoms with Gasteiger partial charge in [0.1, 0.15) is 0 Å². The molecule has 1 aromatic carbocycles. The van der Waals surface area contributed by atoms with E-state index in [9.17, 15) is 9.59 Å². The van der Waals surface area contributed by atoms with E-state index in [4.69, 9.17) is 4.74 Å². The average Bonchev–Trinajstić information content (AvgIpc) is 3.23. The number of piperazine rings is 1. The van der Waals surface area contributed by atoms with Gasteiger partial charge in [0.15, 0.2) is 5.96 Å². The summed E-state index contributed by atoms with van der Waals surface area (Å²) < 4.78 is 5.63. The summed E-state index contributed by atoms with van der Waals surface area (Å²) >= 11 is 0. The summed E-state index contributed by atoms with van der Waals surface area (Å²) in [6.07, 6.45) is 2.46. The minimum Gasteiger partial charge on any atom is -0.376 e. The van der Waals surface area contributed by atoms with E-state index in [0.717, 1.165) is 44.1 Å². The van der Waals surface area contributed by atoms with Crippen molar-refractivity contribution in [3.63, 3.8) is 0 Å². The monoisotopic (exact) mass is 387 g/mol. The van der Waals surface area contributed by atoms with Crippen molar-refractivity contribution in [1.29, 1.82) is 0 Å². The zero-order valence-electron chi connectivity index (χ0n) is 16.4. The van der Waals surface area contributed by atoms with E-state index in [1.165, 1.54) is 0 Å². The quantitative estimate of drug-likeness (QED) is 0.488. The molecule has 2 saturated heterocycles. The maximum atomic E-state index is 12.5. The zero-order chi connectivity index (χ0) is 19.8. The molecule has 2 aliphatic rings. The SMILES string of the molecule is CCNC(=NCc1ccc(C(=O)N2CCNC(=O)C2)cc1)NCC1CCCO1. The summed E-state index contributed by atoms with van der Waals surface area (Å²) in [7, 11) is 0. The molecule has 2 aliphatic heterocycles. The number of amides is 2. The summed E-state index contributed by atoms with van der Waals surface area (Å²) in [5.74, 6) is 0.533. The smallest absolute Gasteiger partial charge is 0.254 e. The number of guanidine groups is 1. The number of nitrogens with zero attached hydrogens (tertiary/aromatic N) is 2. The highest BCUT2D eigenvalue weighted by molar-refractivity contribution is 5.97. The Morgan fingerprint density at radius 1 is 1.32 bits per heavy atom. The Morgan fingerprint density at radius 3 is 2.82 bits per heavy atom. The van der Waals surface area contributed by atoms with Crippen LogP contribution in [0.2, 0.25) is 0 Å². The molecule has 1 atom stereocenters. The summed E-state index contributed by atoms with van der Waals surface area (Å²) in [6, 6.07) is 7.41. The number of carbonyl (C=O) groups excluding carboxylic acids is 2. The van der Waals surface area contributed by atoms with Crippen LogP contribution in [0.3, 0.4) is 0 Å². The highest BCUT2D eigenvalue weighted by Gasteiger charge is 2.22. The lowest BCUT2D eigenvalue weighted by Crippen LogP contribution is -2.49. The van der Waals surface area contributed by atoms with Crippen molar-refractivity contribution < 1.29 is 14.3 Å². The molecule has 0 bridgehead atoms. The molecule has 8 nitrogen and oxygen atoms in total. The van der Waals surface area contributed by atoms with Crippen molar-refractivity contribution in [3.8, 4) is 0 Å². The predicted molar refractivity (Wildman–Crippen MR) is 107 cm³/mol. The Hall–Kier alpha value is -2.61. The summed E-state index contributed by atoms with van der Waals surface area (Å²) in [5.41, 5.74) is 1.60. The molecule has 3 N–H and O–H groups in total. The maximum absolute atomic E-state index is 12.5. The fraction of sp³-hybridized carbons (Fsp3) is 0.550. The van der Waals surface area contributed by atoms with Crippen LogP contribution in [-0.4, -0.2) is 68.1 Å². The van der Waals surface area contributed by atoms with Gasteiger partial charge in [-0.05, 0) is 37.5 Å². The Kier molecular flexibility index (Phi) is 7.25. The van der Waals surface area contributed by atoms with Gasteiger partial charge in [0.2, 0.25) is 5.91 Å². The van der Waals surface area contributed by atoms with Gasteiger partial charge in [-0.15, -0.1) is 0 Å². The van der Waals surface area contributed by atoms with Crippen LogP contribution >= 0.6 is 0 Å². The third-order valence-electron chi connectivity index (χ3n) is 4.81. The van der Waals surface area contributed by atoms with Crippen molar-refractivity contribution in [2.24, 2.45) is 4.99 Å². The largest absolute Gasteiger partial charge is 0.376 e. The second kappa shape index (κ2) is 10.1. The van der Waals surface area contributed by atoms with Crippen LogP contribution in [0.15, 0.2) is 29.3 Å². The van der Waals surface area contributed by atoms with Gasteiger partial charge < -0.3 is 25.6 Å². The molecule has 0 aliphatic carbocycles. The Bertz CT molecular complexity index is 698. The van der Waals surface area contributed by atoms with E-state index < -0.39 is 0 Å². The zero-order valence-corrected chi connectivity index (χ0v) is 16.4. The van der Waals surface area contributed by atoms with Crippen molar-refractivity contribution in [2.75, 3.05) is 39.3 Å². The molecule has 1 aromatic rings. The molecule has 3 rings (SSSR count). The topological polar surface area (TPSA) is 95.1 Å². The molecule has 2 amide bonds. The van der Waals surface area contributed by atoms with Crippen LogP contribution in [0, 0.1) is 0 Å². The molecular weight excluding hydrogens is 358 g/mol. The lowest BCUT2D eigenvalue weighted by molar-refractivity contribution is -0.123. The van der Waals surface area contributed by atoms with Gasteiger partial charge in [-0.1, -0.05) is 12.1 Å². The first-order chi connectivity index (χ1) is 13.7. The molecule has 28 heavy (non-hydrogen) atoms. The second-order valence-corrected chi connectivity index (χ2v) is 6.98. The van der Waals surface area contributed by atoms with Gasteiger partial charge in [-0.3, -0.25) is 9.59 Å². The number of aliphatic imine (C=N–C) groups is 1. The highest BCUT2D eigenvalue weighted by atomic mass is 16.5. The number of hydrogen-bond acceptors (Lipinski definition) is 4. The van der Waals surface area contributed by atoms with E-state index in [1.807, 2.05) is 19.1 Å². The van der Waals surface area contributed by atoms with Crippen LogP contribution in [0.25, 0.3) is 0 Å². The van der Waals surface area contributed by atoms with Crippen molar-refractivity contribution in [1.82, 2.24) is 20.9 Å². The van der Waals surface area contributed by atoms with Gasteiger partial charge in [0.05, 0.1) is 19.2 Å². The van der Waals surface area contributed by atoms with Crippen molar-refractivity contribution in [2.45, 2.75) is 32.4 Å². The van der Waals surface area contributed by atoms with Crippen LogP contribution < -0.4 is 16.0 Å². The fourth-order valence-electron chi connectivity index (χ4n) is 3.28. The molecule has 1 unspecified atom stereocenters. The molecular formula is C20H29N5O3. The molecule has 0 spiro atoms. The number of carbonyl (C=O) groups is 2. The number of benzene rings is 1. The predicted octanol–water partition coefficient (Wildman–Crippen LogP) is 0.493. The number of rotatable bonds is 6. The molecule has 0 aromatic heterocycles. The first kappa shape index (κ1) is 20.1. The minimum atomic E-state index is -0.114. The van der Waals surface area contributed by atoms with Crippen LogP contribution in [0.5, 0.6) is 0 Å². The molecule has 2 fully saturated rings. The number of hydrogen-bond donors (Lipinski definition) is 3. The Morgan fingerprint density at radius 2 is 2.14 bits per heavy atom. The van der Waals surface area contributed by atoms with Crippen LogP contribution in [0.1, 0.15) is 35.7 Å². The van der Waals surface area contributed by atoms with E-state index in [1.54, 1.807) is 17.0 Å². The maximum Gasteiger partial charge on any atom is 0.254 e. The Balaban J connectivity index is 1.54. The highest BCUT2D eigenvalue weighted by Crippen LogP contribution is 2.11. The normalized spacial score (nSPS) is 20.0. The molecule has 8 heteroatoms. The van der Waals surface area contributed by atoms with E-state index in [0.29, 0.717) is 25.2 Å². The number of ether oxygens (including phenoxy) is 1. The van der Waals surface area contributed by atoms with E-state index >= 15 is 0 Å². The third-order valence-corrected chi connectivity index (χ3v) is 4.81. The van der Waals surface area contributed by atoms with Crippen LogP contribution in [-0.2, 0) is 16.1 Å². The molecule has 0 radical (unpaired) electrons. The van der Waals surface area contributed by atoms with E-state index in [-0.39, 0.29) is 24.5 Å². The lowest BCUT2D eigenvalue weighted by atomic mass is 10.1. The second-order valence-electron chi connectivity index (χ2n) is 6.98. The standard InChI is InChI=1S/C20H29N5O3/c1-2-21-20(24-13-17-4-3-11-28-17)23-12-15-5-7-16(8-6-15)19(27)25-10-9-22-18(26)14-25/h5-8,17H,2-4,9-14H2,1H3,(H,22,26)(H2,21,23,24). The number of nitrogens with one attached hydrogen (secondary N) is 3. The van der Waals surface area contributed by atoms with Gasteiger partial charge in [-0.2, -0.15) is 0 Å². The van der Waals surface area contributed by atoms with Gasteiger partial charge in [0.25, 0.3) is 5.91 Å². The molecule has 152 valence electrons. The van der Waals surface area contributed by atoms with Crippen LogP contribution in [0.4, 0.5) is 0 Å². The first-order valence-corrected chi connectivity index (χ1v) is 9.94. The summed E-state index contributed by atoms with van der Waals surface area (Å²) in [5, 5.41) is 9.29. The average molecular weight is 387 g/mol. The summed E-state index contributed by atoms with van der Waals surface area (Å²) in [4.78, 5) is 30.2. The molecule has 0 saturated carbocycles. The first-order valence-electron chi connectivity index (χ1n) is 9.94. The summed E-state index contributed by atoms with van der Waals surface area (Å²) in [6.45, 7) is 6.09. The van der Waals surface area contributed by atoms with Crippen molar-refractivity contribution >= 4 is 17.8 Å². The van der Waals surface area contributed by atoms with Gasteiger partial charge >= 0.3 is 0 Å². The molecule has 2 heterocycles. The van der Waals surface area contributed by atoms with Gasteiger partial charge in [0, 0.05) is 38.3 Å². The van der Waals surface area contributed by atoms with Crippen molar-refractivity contribution in [3.05, 3.63) is 35.4 Å². The Labute approximate surface area is 165 Å². The fourth-order valence-corrected chi connectivity index (χ4v) is 3.28. The van der Waals surface area contributed by atoms with Gasteiger partial charge in [-0.25, -0.2) is 4.99 Å².